The molecule has 1 aliphatic carbocycles. The second-order valence-electron chi connectivity index (χ2n) is 5.81. The molecule has 0 saturated heterocycles. The Bertz CT molecular complexity index is 539. The highest BCUT2D eigenvalue weighted by atomic mass is 32.2. The standard InChI is InChI=1S/C16H25NO3S/c1-3-12-20-14-8-10-15(11-9-14)21(18,19)17-16-7-5-4-6-13(16)2/h8-11,13,16-17H,3-7,12H2,1-2H3/t13-,16-/m1/s1. The van der Waals surface area contributed by atoms with Crippen LogP contribution in [0.5, 0.6) is 5.75 Å². The van der Waals surface area contributed by atoms with Gasteiger partial charge in [0.15, 0.2) is 0 Å². The molecule has 118 valence electrons. The lowest BCUT2D eigenvalue weighted by Crippen LogP contribution is -2.40. The Morgan fingerprint density at radius 1 is 1.19 bits per heavy atom. The molecule has 2 rings (SSSR count). The summed E-state index contributed by atoms with van der Waals surface area (Å²) >= 11 is 0. The molecule has 0 heterocycles. The van der Waals surface area contributed by atoms with E-state index < -0.39 is 10.0 Å². The van der Waals surface area contributed by atoms with E-state index in [0.29, 0.717) is 23.2 Å². The second kappa shape index (κ2) is 7.27. The minimum atomic E-state index is -3.44. The van der Waals surface area contributed by atoms with E-state index in [9.17, 15) is 8.42 Å². The molecule has 0 aromatic heterocycles. The molecule has 1 aromatic carbocycles. The van der Waals surface area contributed by atoms with Crippen LogP contribution in [0.25, 0.3) is 0 Å². The summed E-state index contributed by atoms with van der Waals surface area (Å²) in [5.74, 6) is 1.11. The van der Waals surface area contributed by atoms with E-state index >= 15 is 0 Å². The Morgan fingerprint density at radius 2 is 1.86 bits per heavy atom. The second-order valence-corrected chi connectivity index (χ2v) is 7.52. The highest BCUT2D eigenvalue weighted by molar-refractivity contribution is 7.89. The van der Waals surface area contributed by atoms with Crippen LogP contribution >= 0.6 is 0 Å². The molecule has 2 atom stereocenters. The molecule has 0 amide bonds. The Labute approximate surface area is 127 Å². The molecule has 1 aromatic rings. The third-order valence-corrected chi connectivity index (χ3v) is 5.53. The van der Waals surface area contributed by atoms with Crippen molar-refractivity contribution in [3.8, 4) is 5.75 Å². The first-order chi connectivity index (χ1) is 10.0. The highest BCUT2D eigenvalue weighted by Crippen LogP contribution is 2.25. The van der Waals surface area contributed by atoms with Crippen molar-refractivity contribution in [1.29, 1.82) is 0 Å². The van der Waals surface area contributed by atoms with Gasteiger partial charge in [-0.15, -0.1) is 0 Å². The molecule has 0 unspecified atom stereocenters. The van der Waals surface area contributed by atoms with Crippen molar-refractivity contribution in [2.24, 2.45) is 5.92 Å². The van der Waals surface area contributed by atoms with Crippen LogP contribution in [0.15, 0.2) is 29.2 Å². The van der Waals surface area contributed by atoms with E-state index in [4.69, 9.17) is 4.74 Å². The van der Waals surface area contributed by atoms with E-state index in [1.165, 1.54) is 6.42 Å². The molecule has 1 saturated carbocycles. The van der Waals surface area contributed by atoms with Crippen molar-refractivity contribution in [2.75, 3.05) is 6.61 Å². The third kappa shape index (κ3) is 4.45. The number of hydrogen-bond donors (Lipinski definition) is 1. The van der Waals surface area contributed by atoms with Gasteiger partial charge in [-0.2, -0.15) is 0 Å². The van der Waals surface area contributed by atoms with Crippen molar-refractivity contribution in [1.82, 2.24) is 4.72 Å². The molecule has 4 nitrogen and oxygen atoms in total. The number of benzene rings is 1. The SMILES string of the molecule is CCCOc1ccc(S(=O)(=O)N[C@@H]2CCCC[C@H]2C)cc1. The average molecular weight is 311 g/mol. The Kier molecular flexibility index (Phi) is 5.65. The number of sulfonamides is 1. The minimum Gasteiger partial charge on any atom is -0.494 e. The molecule has 1 fully saturated rings. The average Bonchev–Trinajstić information content (AvgIpc) is 2.48. The van der Waals surface area contributed by atoms with E-state index in [1.807, 2.05) is 6.92 Å². The maximum atomic E-state index is 12.4. The van der Waals surface area contributed by atoms with Crippen molar-refractivity contribution >= 4 is 10.0 Å². The zero-order chi connectivity index (χ0) is 15.3. The Balaban J connectivity index is 2.04. The lowest BCUT2D eigenvalue weighted by molar-refractivity contribution is 0.310. The van der Waals surface area contributed by atoms with Crippen LogP contribution in [0.2, 0.25) is 0 Å². The van der Waals surface area contributed by atoms with Crippen LogP contribution in [-0.4, -0.2) is 21.1 Å². The van der Waals surface area contributed by atoms with Crippen molar-refractivity contribution in [3.63, 3.8) is 0 Å². The summed E-state index contributed by atoms with van der Waals surface area (Å²) < 4.78 is 33.2. The molecule has 0 spiro atoms. The summed E-state index contributed by atoms with van der Waals surface area (Å²) in [4.78, 5) is 0.309. The zero-order valence-electron chi connectivity index (χ0n) is 12.8. The normalized spacial score (nSPS) is 23.0. The van der Waals surface area contributed by atoms with Gasteiger partial charge in [0, 0.05) is 6.04 Å². The minimum absolute atomic E-state index is 0.0553. The first-order valence-electron chi connectivity index (χ1n) is 7.78. The molecular weight excluding hydrogens is 286 g/mol. The summed E-state index contributed by atoms with van der Waals surface area (Å²) in [6.45, 7) is 4.80. The fourth-order valence-electron chi connectivity index (χ4n) is 2.69. The molecular formula is C16H25NO3S. The molecule has 0 aliphatic heterocycles. The van der Waals surface area contributed by atoms with Gasteiger partial charge in [0.25, 0.3) is 0 Å². The van der Waals surface area contributed by atoms with Crippen LogP contribution in [0, 0.1) is 5.92 Å². The number of rotatable bonds is 6. The quantitative estimate of drug-likeness (QED) is 0.876. The Morgan fingerprint density at radius 3 is 2.48 bits per heavy atom. The van der Waals surface area contributed by atoms with Crippen LogP contribution in [0.4, 0.5) is 0 Å². The summed E-state index contributed by atoms with van der Waals surface area (Å²) in [7, 11) is -3.44. The number of hydrogen-bond acceptors (Lipinski definition) is 3. The predicted molar refractivity (Wildman–Crippen MR) is 84.0 cm³/mol. The van der Waals surface area contributed by atoms with Crippen molar-refractivity contribution < 1.29 is 13.2 Å². The van der Waals surface area contributed by atoms with Gasteiger partial charge < -0.3 is 4.74 Å². The van der Waals surface area contributed by atoms with Crippen molar-refractivity contribution in [3.05, 3.63) is 24.3 Å². The maximum Gasteiger partial charge on any atom is 0.240 e. The molecule has 0 bridgehead atoms. The smallest absolute Gasteiger partial charge is 0.240 e. The molecule has 1 N–H and O–H groups in total. The van der Waals surface area contributed by atoms with Crippen LogP contribution in [0.3, 0.4) is 0 Å². The monoisotopic (exact) mass is 311 g/mol. The highest BCUT2D eigenvalue weighted by Gasteiger charge is 2.26. The molecule has 0 radical (unpaired) electrons. The van der Waals surface area contributed by atoms with Gasteiger partial charge >= 0.3 is 0 Å². The fourth-order valence-corrected chi connectivity index (χ4v) is 4.07. The summed E-state index contributed by atoms with van der Waals surface area (Å²) in [5, 5.41) is 0. The molecule has 21 heavy (non-hydrogen) atoms. The summed E-state index contributed by atoms with van der Waals surface area (Å²) in [5.41, 5.74) is 0. The lowest BCUT2D eigenvalue weighted by atomic mass is 9.87. The van der Waals surface area contributed by atoms with Gasteiger partial charge in [0.05, 0.1) is 11.5 Å². The zero-order valence-corrected chi connectivity index (χ0v) is 13.7. The maximum absolute atomic E-state index is 12.4. The first kappa shape index (κ1) is 16.3. The van der Waals surface area contributed by atoms with Gasteiger partial charge in [0.2, 0.25) is 10.0 Å². The topological polar surface area (TPSA) is 55.4 Å². The molecule has 5 heteroatoms. The van der Waals surface area contributed by atoms with Crippen LogP contribution in [-0.2, 0) is 10.0 Å². The lowest BCUT2D eigenvalue weighted by Gasteiger charge is -2.29. The van der Waals surface area contributed by atoms with Gasteiger partial charge in [-0.1, -0.05) is 26.7 Å². The van der Waals surface area contributed by atoms with E-state index in [-0.39, 0.29) is 6.04 Å². The van der Waals surface area contributed by atoms with E-state index in [1.54, 1.807) is 24.3 Å². The Hall–Kier alpha value is -1.07. The van der Waals surface area contributed by atoms with Gasteiger partial charge in [-0.25, -0.2) is 13.1 Å². The van der Waals surface area contributed by atoms with Crippen LogP contribution < -0.4 is 9.46 Å². The third-order valence-electron chi connectivity index (χ3n) is 4.02. The number of ether oxygens (including phenoxy) is 1. The molecule has 1 aliphatic rings. The van der Waals surface area contributed by atoms with Crippen molar-refractivity contribution in [2.45, 2.75) is 56.9 Å². The largest absolute Gasteiger partial charge is 0.494 e. The van der Waals surface area contributed by atoms with E-state index in [0.717, 1.165) is 25.7 Å². The van der Waals surface area contributed by atoms with Crippen LogP contribution in [0.1, 0.15) is 46.0 Å². The summed E-state index contributed by atoms with van der Waals surface area (Å²) in [6.07, 6.45) is 5.25. The van der Waals surface area contributed by atoms with Gasteiger partial charge in [0.1, 0.15) is 5.75 Å². The van der Waals surface area contributed by atoms with Gasteiger partial charge in [-0.05, 0) is 49.4 Å². The van der Waals surface area contributed by atoms with E-state index in [2.05, 4.69) is 11.6 Å². The summed E-state index contributed by atoms with van der Waals surface area (Å²) in [6, 6.07) is 6.71. The van der Waals surface area contributed by atoms with Gasteiger partial charge in [-0.3, -0.25) is 0 Å². The predicted octanol–water partition coefficient (Wildman–Crippen LogP) is 3.33. The first-order valence-corrected chi connectivity index (χ1v) is 9.26. The fraction of sp³-hybridized carbons (Fsp3) is 0.625. The number of nitrogens with one attached hydrogen (secondary N) is 1.